The lowest BCUT2D eigenvalue weighted by molar-refractivity contribution is 0.619. The van der Waals surface area contributed by atoms with Crippen LogP contribution in [-0.2, 0) is 0 Å². The van der Waals surface area contributed by atoms with Crippen molar-refractivity contribution in [3.63, 3.8) is 0 Å². The van der Waals surface area contributed by atoms with Crippen LogP contribution in [0.15, 0.2) is 142 Å². The van der Waals surface area contributed by atoms with Crippen molar-refractivity contribution in [3.05, 3.63) is 133 Å². The Morgan fingerprint density at radius 2 is 0.870 bits per heavy atom. The van der Waals surface area contributed by atoms with E-state index >= 15 is 0 Å². The fourth-order valence-electron chi connectivity index (χ4n) is 6.24. The molecule has 0 aliphatic carbocycles. The minimum Gasteiger partial charge on any atom is -0.436 e. The van der Waals surface area contributed by atoms with E-state index in [1.54, 1.807) is 0 Å². The molecule has 4 nitrogen and oxygen atoms in total. The molecule has 0 N–H and O–H groups in total. The van der Waals surface area contributed by atoms with Crippen molar-refractivity contribution < 1.29 is 8.83 Å². The maximum atomic E-state index is 6.04. The van der Waals surface area contributed by atoms with Crippen LogP contribution in [0.2, 0.25) is 0 Å². The van der Waals surface area contributed by atoms with Crippen molar-refractivity contribution in [3.8, 4) is 45.2 Å². The molecule has 6 aromatic carbocycles. The van der Waals surface area contributed by atoms with Gasteiger partial charge in [-0.05, 0) is 82.9 Å². The molecule has 0 amide bonds. The van der Waals surface area contributed by atoms with E-state index < -0.39 is 0 Å². The van der Waals surface area contributed by atoms with E-state index in [1.165, 1.54) is 46.3 Å². The van der Waals surface area contributed by atoms with E-state index in [4.69, 9.17) is 13.8 Å². The maximum absolute atomic E-state index is 6.04. The fraction of sp³-hybridized carbons (Fsp3) is 0. The molecule has 0 atom stereocenters. The predicted molar refractivity (Wildman–Crippen MR) is 192 cm³/mol. The number of aromatic nitrogens is 2. The van der Waals surface area contributed by atoms with Gasteiger partial charge in [0.25, 0.3) is 0 Å². The summed E-state index contributed by atoms with van der Waals surface area (Å²) >= 11 is 3.75. The predicted octanol–water partition coefficient (Wildman–Crippen LogP) is 12.2. The molecule has 0 fully saturated rings. The van der Waals surface area contributed by atoms with Crippen LogP contribution < -0.4 is 0 Å². The summed E-state index contributed by atoms with van der Waals surface area (Å²) in [5.41, 5.74) is 10.0. The van der Waals surface area contributed by atoms with Crippen LogP contribution >= 0.6 is 22.7 Å². The molecule has 10 rings (SSSR count). The molecule has 0 saturated heterocycles. The van der Waals surface area contributed by atoms with Gasteiger partial charge >= 0.3 is 0 Å². The van der Waals surface area contributed by atoms with Gasteiger partial charge in [-0.3, -0.25) is 0 Å². The molecule has 0 saturated carbocycles. The first-order chi connectivity index (χ1) is 22.7. The smallest absolute Gasteiger partial charge is 0.227 e. The van der Waals surface area contributed by atoms with Crippen molar-refractivity contribution in [1.82, 2.24) is 9.97 Å². The number of rotatable bonds is 4. The van der Waals surface area contributed by atoms with Crippen LogP contribution in [-0.4, -0.2) is 9.97 Å². The van der Waals surface area contributed by atoms with E-state index in [9.17, 15) is 0 Å². The van der Waals surface area contributed by atoms with Crippen LogP contribution in [0.1, 0.15) is 0 Å². The number of para-hydroxylation sites is 4. The highest BCUT2D eigenvalue weighted by molar-refractivity contribution is 7.36. The number of thiophene rings is 2. The quantitative estimate of drug-likeness (QED) is 0.195. The third kappa shape index (κ3) is 4.11. The number of benzene rings is 6. The Bertz CT molecular complexity index is 2700. The van der Waals surface area contributed by atoms with E-state index in [1.807, 2.05) is 71.2 Å². The SMILES string of the molecule is c1cc(-c2ccc3c(c2)sc2c4ccc(-c5ccc(-c6nc7ccccc7o6)cc5)cc4sc32)cc(-c2nc3ccccc3o2)c1. The summed E-state index contributed by atoms with van der Waals surface area (Å²) in [5, 5.41) is 2.62. The van der Waals surface area contributed by atoms with Crippen LogP contribution in [0, 0.1) is 0 Å². The largest absolute Gasteiger partial charge is 0.436 e. The van der Waals surface area contributed by atoms with E-state index in [-0.39, 0.29) is 0 Å². The average Bonchev–Trinajstić information content (AvgIpc) is 3.89. The molecule has 0 aliphatic heterocycles. The van der Waals surface area contributed by atoms with E-state index in [0.717, 1.165) is 38.9 Å². The minimum absolute atomic E-state index is 0.644. The first kappa shape index (κ1) is 25.7. The first-order valence-electron chi connectivity index (χ1n) is 15.1. The first-order valence-corrected chi connectivity index (χ1v) is 16.7. The Morgan fingerprint density at radius 3 is 1.48 bits per heavy atom. The lowest BCUT2D eigenvalue weighted by atomic mass is 10.0. The Morgan fingerprint density at radius 1 is 0.391 bits per heavy atom. The van der Waals surface area contributed by atoms with Crippen LogP contribution in [0.3, 0.4) is 0 Å². The third-order valence-electron chi connectivity index (χ3n) is 8.58. The number of hydrogen-bond donors (Lipinski definition) is 0. The van der Waals surface area contributed by atoms with Crippen molar-refractivity contribution in [2.45, 2.75) is 0 Å². The molecule has 0 radical (unpaired) electrons. The van der Waals surface area contributed by atoms with Gasteiger partial charge in [-0.15, -0.1) is 22.7 Å². The molecule has 6 heteroatoms. The molecule has 0 aliphatic rings. The zero-order valence-corrected chi connectivity index (χ0v) is 25.9. The molecule has 0 bridgehead atoms. The van der Waals surface area contributed by atoms with Gasteiger partial charge in [0, 0.05) is 31.3 Å². The van der Waals surface area contributed by atoms with Crippen molar-refractivity contribution in [1.29, 1.82) is 0 Å². The second kappa shape index (κ2) is 9.97. The lowest BCUT2D eigenvalue weighted by Crippen LogP contribution is -1.81. The van der Waals surface area contributed by atoms with Gasteiger partial charge in [0.1, 0.15) is 11.0 Å². The van der Waals surface area contributed by atoms with Gasteiger partial charge in [0.15, 0.2) is 11.2 Å². The topological polar surface area (TPSA) is 52.1 Å². The van der Waals surface area contributed by atoms with E-state index in [0.29, 0.717) is 11.8 Å². The second-order valence-electron chi connectivity index (χ2n) is 11.4. The molecule has 216 valence electrons. The summed E-state index contributed by atoms with van der Waals surface area (Å²) in [6.07, 6.45) is 0. The highest BCUT2D eigenvalue weighted by Crippen LogP contribution is 2.46. The molecular formula is C40H22N2O2S2. The second-order valence-corrected chi connectivity index (χ2v) is 13.5. The highest BCUT2D eigenvalue weighted by atomic mass is 32.1. The summed E-state index contributed by atoms with van der Waals surface area (Å²) in [6.45, 7) is 0. The molecular weight excluding hydrogens is 605 g/mol. The van der Waals surface area contributed by atoms with Gasteiger partial charge in [-0.1, -0.05) is 72.8 Å². The van der Waals surface area contributed by atoms with Crippen molar-refractivity contribution in [2.24, 2.45) is 0 Å². The van der Waals surface area contributed by atoms with Gasteiger partial charge in [0.05, 0.1) is 9.40 Å². The molecule has 0 unspecified atom stereocenters. The van der Waals surface area contributed by atoms with Gasteiger partial charge < -0.3 is 8.83 Å². The third-order valence-corrected chi connectivity index (χ3v) is 11.1. The number of hydrogen-bond acceptors (Lipinski definition) is 6. The van der Waals surface area contributed by atoms with Crippen molar-refractivity contribution in [2.75, 3.05) is 0 Å². The normalized spacial score (nSPS) is 11.9. The zero-order chi connectivity index (χ0) is 30.2. The molecule has 4 heterocycles. The number of oxazole rings is 2. The van der Waals surface area contributed by atoms with Crippen LogP contribution in [0.4, 0.5) is 0 Å². The monoisotopic (exact) mass is 626 g/mol. The van der Waals surface area contributed by atoms with Gasteiger partial charge in [0.2, 0.25) is 11.8 Å². The highest BCUT2D eigenvalue weighted by Gasteiger charge is 2.15. The molecule has 0 spiro atoms. The van der Waals surface area contributed by atoms with Crippen LogP contribution in [0.5, 0.6) is 0 Å². The molecule has 46 heavy (non-hydrogen) atoms. The molecule has 4 aromatic heterocycles. The maximum Gasteiger partial charge on any atom is 0.227 e. The Kier molecular flexibility index (Phi) is 5.58. The number of nitrogens with zero attached hydrogens (tertiary/aromatic N) is 2. The minimum atomic E-state index is 0.644. The Labute approximate surface area is 270 Å². The zero-order valence-electron chi connectivity index (χ0n) is 24.2. The Hall–Kier alpha value is -5.56. The summed E-state index contributed by atoms with van der Waals surface area (Å²) in [7, 11) is 0. The van der Waals surface area contributed by atoms with Gasteiger partial charge in [-0.2, -0.15) is 0 Å². The summed E-state index contributed by atoms with van der Waals surface area (Å²) < 4.78 is 17.3. The van der Waals surface area contributed by atoms with E-state index in [2.05, 4.69) is 89.9 Å². The van der Waals surface area contributed by atoms with Crippen LogP contribution in [0.25, 0.3) is 96.9 Å². The van der Waals surface area contributed by atoms with Gasteiger partial charge in [-0.25, -0.2) is 9.97 Å². The summed E-state index contributed by atoms with van der Waals surface area (Å²) in [5.74, 6) is 1.29. The standard InChI is InChI=1S/C40H22N2O2S2/c1-3-10-33-31(8-1)41-39(43-33)24-14-12-23(13-15-24)26-16-18-29-35(21-26)45-38-30-19-17-27(22-36(30)46-37(29)38)25-6-5-7-28(20-25)40-42-32-9-2-4-11-34(32)44-40/h1-22H. The lowest BCUT2D eigenvalue weighted by Gasteiger charge is -2.04. The van der Waals surface area contributed by atoms with Crippen molar-refractivity contribution >= 4 is 74.4 Å². The average molecular weight is 627 g/mol. The summed E-state index contributed by atoms with van der Waals surface area (Å²) in [6, 6.07) is 46.3. The summed E-state index contributed by atoms with van der Waals surface area (Å²) in [4.78, 5) is 9.34. The fourth-order valence-corrected chi connectivity index (χ4v) is 8.98. The molecule has 10 aromatic rings. The Balaban J connectivity index is 0.975. The number of fused-ring (bicyclic) bond motifs is 7.